The predicted octanol–water partition coefficient (Wildman–Crippen LogP) is 2.49. The average molecular weight is 416 g/mol. The molecule has 2 fully saturated rings. The lowest BCUT2D eigenvalue weighted by Crippen LogP contribution is -2.57. The number of hydrogen-bond acceptors (Lipinski definition) is 7. The lowest BCUT2D eigenvalue weighted by Gasteiger charge is -2.39. The van der Waals surface area contributed by atoms with Gasteiger partial charge in [0.1, 0.15) is 10.8 Å². The van der Waals surface area contributed by atoms with Gasteiger partial charge in [0.15, 0.2) is 0 Å². The zero-order chi connectivity index (χ0) is 20.4. The number of rotatable bonds is 6. The highest BCUT2D eigenvalue weighted by Crippen LogP contribution is 2.38. The summed E-state index contributed by atoms with van der Waals surface area (Å²) in [5, 5.41) is 12.6. The Balaban J connectivity index is 1.36. The van der Waals surface area contributed by atoms with Crippen molar-refractivity contribution >= 4 is 34.0 Å². The van der Waals surface area contributed by atoms with Crippen LogP contribution in [0, 0.1) is 0 Å². The fraction of sp³-hybridized carbons (Fsp3) is 0.500. The second-order valence-corrected chi connectivity index (χ2v) is 8.44. The number of nitrogens with one attached hydrogen (secondary N) is 1. The van der Waals surface area contributed by atoms with Crippen molar-refractivity contribution in [2.45, 2.75) is 38.1 Å². The highest BCUT2D eigenvalue weighted by atomic mass is 32.1. The van der Waals surface area contributed by atoms with Crippen molar-refractivity contribution in [1.29, 1.82) is 0 Å². The number of piperazine rings is 1. The molecule has 1 aromatic carbocycles. The van der Waals surface area contributed by atoms with E-state index in [4.69, 9.17) is 4.74 Å². The summed E-state index contributed by atoms with van der Waals surface area (Å²) in [5.74, 6) is 0.945. The van der Waals surface area contributed by atoms with Gasteiger partial charge in [-0.15, -0.1) is 10.2 Å². The Labute approximate surface area is 173 Å². The summed E-state index contributed by atoms with van der Waals surface area (Å²) in [6.45, 7) is 3.07. The van der Waals surface area contributed by atoms with Crippen molar-refractivity contribution in [3.05, 3.63) is 29.3 Å². The molecule has 8 nitrogen and oxygen atoms in total. The Morgan fingerprint density at radius 2 is 2.07 bits per heavy atom. The Bertz CT molecular complexity index is 898. The molecular weight excluding hydrogens is 390 g/mol. The van der Waals surface area contributed by atoms with Crippen molar-refractivity contribution in [3.8, 4) is 5.75 Å². The van der Waals surface area contributed by atoms with Gasteiger partial charge in [-0.3, -0.25) is 19.8 Å². The number of benzene rings is 1. The summed E-state index contributed by atoms with van der Waals surface area (Å²) in [6.07, 6.45) is 3.54. The minimum atomic E-state index is -0.403. The van der Waals surface area contributed by atoms with Crippen LogP contribution in [-0.2, 0) is 9.59 Å². The fourth-order valence-electron chi connectivity index (χ4n) is 3.67. The van der Waals surface area contributed by atoms with Gasteiger partial charge in [0.2, 0.25) is 16.9 Å². The first-order valence-corrected chi connectivity index (χ1v) is 10.7. The molecule has 1 aromatic heterocycles. The number of para-hydroxylation sites is 2. The van der Waals surface area contributed by atoms with Gasteiger partial charge in [-0.25, -0.2) is 0 Å². The van der Waals surface area contributed by atoms with Gasteiger partial charge in [0, 0.05) is 19.0 Å². The summed E-state index contributed by atoms with van der Waals surface area (Å²) < 4.78 is 5.39. The maximum atomic E-state index is 12.9. The number of carbonyl (C=O) groups is 2. The van der Waals surface area contributed by atoms with E-state index in [-0.39, 0.29) is 18.4 Å². The van der Waals surface area contributed by atoms with E-state index in [0.717, 1.165) is 23.5 Å². The molecule has 1 aliphatic carbocycles. The van der Waals surface area contributed by atoms with Crippen molar-refractivity contribution in [2.24, 2.45) is 0 Å². The Hall–Kier alpha value is -2.52. The van der Waals surface area contributed by atoms with Gasteiger partial charge in [-0.1, -0.05) is 29.9 Å². The number of carbonyl (C=O) groups excluding carboxylic acids is 2. The van der Waals surface area contributed by atoms with Crippen LogP contribution >= 0.6 is 11.3 Å². The number of aromatic nitrogens is 2. The molecule has 2 heterocycles. The van der Waals surface area contributed by atoms with Crippen molar-refractivity contribution in [3.63, 3.8) is 0 Å². The number of amides is 2. The average Bonchev–Trinajstić information content (AvgIpc) is 3.12. The van der Waals surface area contributed by atoms with Gasteiger partial charge in [0.05, 0.1) is 25.4 Å². The maximum absolute atomic E-state index is 12.9. The van der Waals surface area contributed by atoms with Crippen LogP contribution in [0.5, 0.6) is 5.75 Å². The third kappa shape index (κ3) is 4.11. The molecule has 1 N–H and O–H groups in total. The zero-order valence-corrected chi connectivity index (χ0v) is 17.4. The molecule has 9 heteroatoms. The van der Waals surface area contributed by atoms with E-state index < -0.39 is 6.04 Å². The number of nitrogens with zero attached hydrogens (tertiary/aromatic N) is 4. The van der Waals surface area contributed by atoms with Crippen molar-refractivity contribution in [2.75, 3.05) is 37.0 Å². The lowest BCUT2D eigenvalue weighted by molar-refractivity contribution is -0.127. The Morgan fingerprint density at radius 1 is 1.28 bits per heavy atom. The molecule has 1 atom stereocenters. The van der Waals surface area contributed by atoms with Crippen LogP contribution in [0.25, 0.3) is 0 Å². The summed E-state index contributed by atoms with van der Waals surface area (Å²) in [7, 11) is 1.59. The quantitative estimate of drug-likeness (QED) is 0.780. The van der Waals surface area contributed by atoms with Crippen molar-refractivity contribution < 1.29 is 14.3 Å². The number of hydrogen-bond donors (Lipinski definition) is 1. The van der Waals surface area contributed by atoms with Crippen molar-refractivity contribution in [1.82, 2.24) is 15.1 Å². The molecule has 2 aliphatic rings. The molecule has 0 radical (unpaired) electrons. The Morgan fingerprint density at radius 3 is 2.79 bits per heavy atom. The zero-order valence-electron chi connectivity index (χ0n) is 16.6. The summed E-state index contributed by atoms with van der Waals surface area (Å²) in [6, 6.07) is 7.07. The minimum absolute atomic E-state index is 0.0447. The molecule has 1 saturated heterocycles. The van der Waals surface area contributed by atoms with Crippen LogP contribution in [0.4, 0.5) is 10.8 Å². The van der Waals surface area contributed by atoms with Crippen LogP contribution in [-0.4, -0.2) is 59.7 Å². The molecule has 29 heavy (non-hydrogen) atoms. The van der Waals surface area contributed by atoms with E-state index in [1.165, 1.54) is 17.8 Å². The van der Waals surface area contributed by atoms with E-state index in [9.17, 15) is 9.59 Å². The van der Waals surface area contributed by atoms with Crippen LogP contribution < -0.4 is 15.0 Å². The standard InChI is InChI=1S/C20H25N5O3S/c1-13-19(27)25(15-8-3-4-9-16(15)28-2)11-10-24(13)12-17(26)21-20-23-22-18(29-20)14-6-5-7-14/h3-4,8-9,13-14H,5-7,10-12H2,1-2H3,(H,21,23,26)/t13-/m1/s1. The molecule has 154 valence electrons. The van der Waals surface area contributed by atoms with E-state index in [0.29, 0.717) is 29.9 Å². The second kappa shape index (κ2) is 8.46. The third-order valence-electron chi connectivity index (χ3n) is 5.65. The number of anilines is 2. The highest BCUT2D eigenvalue weighted by Gasteiger charge is 2.34. The molecule has 1 saturated carbocycles. The molecule has 2 amide bonds. The summed E-state index contributed by atoms with van der Waals surface area (Å²) in [5.41, 5.74) is 0.758. The number of ether oxygens (including phenoxy) is 1. The van der Waals surface area contributed by atoms with Gasteiger partial charge in [-0.2, -0.15) is 0 Å². The fourth-order valence-corrected chi connectivity index (χ4v) is 4.60. The van der Waals surface area contributed by atoms with Crippen LogP contribution in [0.15, 0.2) is 24.3 Å². The predicted molar refractivity (Wildman–Crippen MR) is 112 cm³/mol. The topological polar surface area (TPSA) is 87.7 Å². The maximum Gasteiger partial charge on any atom is 0.244 e. The first-order valence-electron chi connectivity index (χ1n) is 9.88. The van der Waals surface area contributed by atoms with E-state index in [2.05, 4.69) is 15.5 Å². The summed E-state index contributed by atoms with van der Waals surface area (Å²) in [4.78, 5) is 29.0. The molecular formula is C20H25N5O3S. The van der Waals surface area contributed by atoms with E-state index in [1.807, 2.05) is 36.1 Å². The molecule has 2 aromatic rings. The van der Waals surface area contributed by atoms with Gasteiger partial charge >= 0.3 is 0 Å². The van der Waals surface area contributed by atoms with Crippen LogP contribution in [0.3, 0.4) is 0 Å². The molecule has 0 bridgehead atoms. The Kier molecular flexibility index (Phi) is 5.77. The largest absolute Gasteiger partial charge is 0.495 e. The molecule has 4 rings (SSSR count). The monoisotopic (exact) mass is 415 g/mol. The van der Waals surface area contributed by atoms with Crippen LogP contribution in [0.1, 0.15) is 37.1 Å². The lowest BCUT2D eigenvalue weighted by atomic mass is 9.86. The minimum Gasteiger partial charge on any atom is -0.495 e. The summed E-state index contributed by atoms with van der Waals surface area (Å²) >= 11 is 1.45. The normalized spacial score (nSPS) is 20.4. The third-order valence-corrected chi connectivity index (χ3v) is 6.65. The van der Waals surface area contributed by atoms with Gasteiger partial charge < -0.3 is 9.64 Å². The first kappa shape index (κ1) is 19.8. The smallest absolute Gasteiger partial charge is 0.244 e. The second-order valence-electron chi connectivity index (χ2n) is 7.43. The SMILES string of the molecule is COc1ccccc1N1CCN(CC(=O)Nc2nnc(C3CCC3)s2)[C@H](C)C1=O. The first-order chi connectivity index (χ1) is 14.1. The molecule has 0 spiro atoms. The number of methoxy groups -OCH3 is 1. The molecule has 0 unspecified atom stereocenters. The van der Waals surface area contributed by atoms with E-state index in [1.54, 1.807) is 12.0 Å². The molecule has 1 aliphatic heterocycles. The van der Waals surface area contributed by atoms with Gasteiger partial charge in [0.25, 0.3) is 0 Å². The van der Waals surface area contributed by atoms with Gasteiger partial charge in [-0.05, 0) is 31.9 Å². The van der Waals surface area contributed by atoms with E-state index >= 15 is 0 Å². The highest BCUT2D eigenvalue weighted by molar-refractivity contribution is 7.15. The van der Waals surface area contributed by atoms with Crippen LogP contribution in [0.2, 0.25) is 0 Å².